The molecule has 148 valence electrons. The van der Waals surface area contributed by atoms with Crippen molar-refractivity contribution in [1.82, 2.24) is 20.2 Å². The molecule has 1 fully saturated rings. The zero-order valence-electron chi connectivity index (χ0n) is 15.8. The molecule has 0 bridgehead atoms. The average Bonchev–Trinajstić information content (AvgIpc) is 3.31. The van der Waals surface area contributed by atoms with Gasteiger partial charge in [0.15, 0.2) is 0 Å². The van der Waals surface area contributed by atoms with Gasteiger partial charge in [0, 0.05) is 49.7 Å². The lowest BCUT2D eigenvalue weighted by molar-refractivity contribution is 0.0745. The highest BCUT2D eigenvalue weighted by Gasteiger charge is 2.23. The fraction of sp³-hybridized carbons (Fsp3) is 0.238. The first-order valence-electron chi connectivity index (χ1n) is 9.42. The van der Waals surface area contributed by atoms with Crippen LogP contribution in [0, 0.1) is 0 Å². The number of hydrogen-bond acceptors (Lipinski definition) is 6. The van der Waals surface area contributed by atoms with Crippen molar-refractivity contribution in [2.45, 2.75) is 6.54 Å². The number of hydrogen-bond donors (Lipinski definition) is 1. The monoisotopic (exact) mass is 391 g/mol. The van der Waals surface area contributed by atoms with Crippen molar-refractivity contribution in [2.75, 3.05) is 31.1 Å². The van der Waals surface area contributed by atoms with E-state index in [1.807, 2.05) is 4.90 Å². The molecule has 8 nitrogen and oxygen atoms in total. The van der Waals surface area contributed by atoms with Gasteiger partial charge in [0.2, 0.25) is 5.95 Å². The number of rotatable bonds is 5. The van der Waals surface area contributed by atoms with Crippen molar-refractivity contribution in [2.24, 2.45) is 0 Å². The van der Waals surface area contributed by atoms with Crippen LogP contribution in [0.3, 0.4) is 0 Å². The summed E-state index contributed by atoms with van der Waals surface area (Å²) in [5.41, 5.74) is 1.07. The van der Waals surface area contributed by atoms with Crippen LogP contribution in [0.15, 0.2) is 65.5 Å². The fourth-order valence-corrected chi connectivity index (χ4v) is 3.19. The van der Waals surface area contributed by atoms with Gasteiger partial charge in [-0.1, -0.05) is 0 Å². The standard InChI is InChI=1S/C21H21N5O3/c27-19(24-15-18-3-1-14-29-18)16-4-6-17(7-5-16)20(28)25-10-12-26(13-11-25)21-22-8-2-9-23-21/h1-9,14H,10-13,15H2,(H,24,27). The van der Waals surface area contributed by atoms with E-state index in [1.54, 1.807) is 61.1 Å². The summed E-state index contributed by atoms with van der Waals surface area (Å²) in [5, 5.41) is 2.79. The van der Waals surface area contributed by atoms with Crippen molar-refractivity contribution >= 4 is 17.8 Å². The third-order valence-electron chi connectivity index (χ3n) is 4.80. The van der Waals surface area contributed by atoms with Crippen molar-refractivity contribution < 1.29 is 14.0 Å². The van der Waals surface area contributed by atoms with Crippen LogP contribution in [0.25, 0.3) is 0 Å². The second-order valence-electron chi connectivity index (χ2n) is 6.67. The molecule has 1 aromatic carbocycles. The van der Waals surface area contributed by atoms with Gasteiger partial charge >= 0.3 is 0 Å². The van der Waals surface area contributed by atoms with Crippen LogP contribution in [0.4, 0.5) is 5.95 Å². The van der Waals surface area contributed by atoms with Crippen LogP contribution in [0.5, 0.6) is 0 Å². The highest BCUT2D eigenvalue weighted by atomic mass is 16.3. The quantitative estimate of drug-likeness (QED) is 0.715. The number of nitrogens with zero attached hydrogens (tertiary/aromatic N) is 4. The number of furan rings is 1. The minimum absolute atomic E-state index is 0.0406. The Morgan fingerprint density at radius 1 is 0.931 bits per heavy atom. The molecule has 3 aromatic rings. The summed E-state index contributed by atoms with van der Waals surface area (Å²) in [6.07, 6.45) is 4.99. The van der Waals surface area contributed by atoms with Gasteiger partial charge in [0.05, 0.1) is 12.8 Å². The number of carbonyl (C=O) groups is 2. The summed E-state index contributed by atoms with van der Waals surface area (Å²) >= 11 is 0. The van der Waals surface area contributed by atoms with Crippen LogP contribution in [-0.2, 0) is 6.54 Å². The first kappa shape index (κ1) is 18.7. The number of amides is 2. The van der Waals surface area contributed by atoms with Gasteiger partial charge < -0.3 is 19.5 Å². The molecular formula is C21H21N5O3. The van der Waals surface area contributed by atoms with Crippen molar-refractivity contribution in [3.05, 3.63) is 78.0 Å². The number of aromatic nitrogens is 2. The molecule has 1 saturated heterocycles. The molecule has 0 unspecified atom stereocenters. The molecule has 0 saturated carbocycles. The van der Waals surface area contributed by atoms with E-state index >= 15 is 0 Å². The number of nitrogens with one attached hydrogen (secondary N) is 1. The molecule has 0 spiro atoms. The van der Waals surface area contributed by atoms with Gasteiger partial charge in [0.25, 0.3) is 11.8 Å². The predicted octanol–water partition coefficient (Wildman–Crippen LogP) is 1.96. The Labute approximate surface area is 168 Å². The van der Waals surface area contributed by atoms with Gasteiger partial charge in [-0.05, 0) is 42.5 Å². The van der Waals surface area contributed by atoms with Crippen LogP contribution >= 0.6 is 0 Å². The molecule has 0 aliphatic carbocycles. The molecular weight excluding hydrogens is 370 g/mol. The van der Waals surface area contributed by atoms with Gasteiger partial charge in [0.1, 0.15) is 5.76 Å². The third kappa shape index (κ3) is 4.43. The minimum atomic E-state index is -0.211. The Morgan fingerprint density at radius 3 is 2.28 bits per heavy atom. The molecule has 8 heteroatoms. The average molecular weight is 391 g/mol. The van der Waals surface area contributed by atoms with Crippen LogP contribution in [0.1, 0.15) is 26.5 Å². The van der Waals surface area contributed by atoms with Crippen LogP contribution < -0.4 is 10.2 Å². The number of anilines is 1. The summed E-state index contributed by atoms with van der Waals surface area (Å²) in [4.78, 5) is 37.4. The zero-order chi connectivity index (χ0) is 20.1. The van der Waals surface area contributed by atoms with Gasteiger partial charge in [-0.15, -0.1) is 0 Å². The minimum Gasteiger partial charge on any atom is -0.467 e. The largest absolute Gasteiger partial charge is 0.467 e. The van der Waals surface area contributed by atoms with Gasteiger partial charge in [-0.25, -0.2) is 9.97 Å². The smallest absolute Gasteiger partial charge is 0.253 e. The molecule has 2 aromatic heterocycles. The van der Waals surface area contributed by atoms with Crippen LogP contribution in [0.2, 0.25) is 0 Å². The number of benzene rings is 1. The molecule has 2 amide bonds. The molecule has 0 radical (unpaired) electrons. The summed E-state index contributed by atoms with van der Waals surface area (Å²) in [6.45, 7) is 2.89. The van der Waals surface area contributed by atoms with Gasteiger partial charge in [-0.2, -0.15) is 0 Å². The predicted molar refractivity (Wildman–Crippen MR) is 106 cm³/mol. The lowest BCUT2D eigenvalue weighted by Crippen LogP contribution is -2.49. The van der Waals surface area contributed by atoms with E-state index in [2.05, 4.69) is 20.2 Å². The topological polar surface area (TPSA) is 91.6 Å². The van der Waals surface area contributed by atoms with E-state index in [0.717, 1.165) is 0 Å². The van der Waals surface area contributed by atoms with Crippen molar-refractivity contribution in [1.29, 1.82) is 0 Å². The summed E-state index contributed by atoms with van der Waals surface area (Å²) in [6, 6.07) is 12.1. The lowest BCUT2D eigenvalue weighted by Gasteiger charge is -2.34. The van der Waals surface area contributed by atoms with E-state index < -0.39 is 0 Å². The van der Waals surface area contributed by atoms with Gasteiger partial charge in [-0.3, -0.25) is 9.59 Å². The van der Waals surface area contributed by atoms with Crippen molar-refractivity contribution in [3.8, 4) is 0 Å². The lowest BCUT2D eigenvalue weighted by atomic mass is 10.1. The fourth-order valence-electron chi connectivity index (χ4n) is 3.19. The normalized spacial score (nSPS) is 13.9. The number of piperazine rings is 1. The van der Waals surface area contributed by atoms with E-state index in [9.17, 15) is 9.59 Å². The maximum Gasteiger partial charge on any atom is 0.253 e. The Morgan fingerprint density at radius 2 is 1.62 bits per heavy atom. The number of carbonyl (C=O) groups excluding carboxylic acids is 2. The third-order valence-corrected chi connectivity index (χ3v) is 4.80. The van der Waals surface area contributed by atoms with E-state index in [0.29, 0.717) is 55.6 Å². The second kappa shape index (κ2) is 8.55. The Balaban J connectivity index is 1.32. The second-order valence-corrected chi connectivity index (χ2v) is 6.67. The molecule has 1 N–H and O–H groups in total. The maximum atomic E-state index is 12.8. The van der Waals surface area contributed by atoms with Crippen molar-refractivity contribution in [3.63, 3.8) is 0 Å². The molecule has 4 rings (SSSR count). The summed E-state index contributed by atoms with van der Waals surface area (Å²) < 4.78 is 5.20. The molecule has 1 aliphatic heterocycles. The Bertz CT molecular complexity index is 950. The molecule has 3 heterocycles. The molecule has 0 atom stereocenters. The summed E-state index contributed by atoms with van der Waals surface area (Å²) in [5.74, 6) is 1.12. The zero-order valence-corrected chi connectivity index (χ0v) is 15.8. The molecule has 1 aliphatic rings. The first-order chi connectivity index (χ1) is 14.2. The van der Waals surface area contributed by atoms with E-state index in [4.69, 9.17) is 4.42 Å². The highest BCUT2D eigenvalue weighted by Crippen LogP contribution is 2.13. The first-order valence-corrected chi connectivity index (χ1v) is 9.42. The SMILES string of the molecule is O=C(NCc1ccco1)c1ccc(C(=O)N2CCN(c3ncccn3)CC2)cc1. The Kier molecular flexibility index (Phi) is 5.51. The van der Waals surface area contributed by atoms with Crippen LogP contribution in [-0.4, -0.2) is 52.9 Å². The van der Waals surface area contributed by atoms with E-state index in [1.165, 1.54) is 0 Å². The Hall–Kier alpha value is -3.68. The molecule has 29 heavy (non-hydrogen) atoms. The van der Waals surface area contributed by atoms with E-state index in [-0.39, 0.29) is 11.8 Å². The summed E-state index contributed by atoms with van der Waals surface area (Å²) in [7, 11) is 0. The maximum absolute atomic E-state index is 12.8. The highest BCUT2D eigenvalue weighted by molar-refractivity contribution is 5.97.